The van der Waals surface area contributed by atoms with Crippen molar-refractivity contribution >= 4 is 38.1 Å². The molecular formula is C19H19N3O3S2. The lowest BCUT2D eigenvalue weighted by Crippen LogP contribution is -2.14. The standard InChI is InChI=1S/C19H19N3O3S2/c1-14-7-5-6-10-17(14)21-18(23)12-11-15-13-26-19(20-15)22-27(24,25)16-8-3-2-4-9-16/h2-10,13H,11-12H2,1H3,(H,20,22)(H,21,23). The third-order valence-corrected chi connectivity index (χ3v) is 6.14. The van der Waals surface area contributed by atoms with Crippen LogP contribution in [0.3, 0.4) is 0 Å². The first-order valence-corrected chi connectivity index (χ1v) is 10.7. The molecule has 0 saturated heterocycles. The third kappa shape index (κ3) is 5.15. The van der Waals surface area contributed by atoms with Crippen molar-refractivity contribution in [3.8, 4) is 0 Å². The number of anilines is 2. The number of thiazole rings is 1. The molecule has 0 spiro atoms. The minimum atomic E-state index is -3.66. The lowest BCUT2D eigenvalue weighted by atomic mass is 10.2. The molecule has 8 heteroatoms. The van der Waals surface area contributed by atoms with Crippen LogP contribution in [0, 0.1) is 6.92 Å². The Kier molecular flexibility index (Phi) is 5.88. The van der Waals surface area contributed by atoms with Crippen molar-refractivity contribution in [1.82, 2.24) is 4.98 Å². The number of carbonyl (C=O) groups excluding carboxylic acids is 1. The van der Waals surface area contributed by atoms with Crippen LogP contribution >= 0.6 is 11.3 Å². The van der Waals surface area contributed by atoms with Crippen molar-refractivity contribution in [3.63, 3.8) is 0 Å². The Labute approximate surface area is 162 Å². The van der Waals surface area contributed by atoms with E-state index < -0.39 is 10.0 Å². The number of amides is 1. The number of benzene rings is 2. The lowest BCUT2D eigenvalue weighted by molar-refractivity contribution is -0.116. The Bertz CT molecular complexity index is 1030. The highest BCUT2D eigenvalue weighted by Gasteiger charge is 2.16. The number of nitrogens with zero attached hydrogens (tertiary/aromatic N) is 1. The maximum Gasteiger partial charge on any atom is 0.263 e. The van der Waals surface area contributed by atoms with Gasteiger partial charge < -0.3 is 5.32 Å². The molecule has 3 rings (SSSR count). The quantitative estimate of drug-likeness (QED) is 0.630. The van der Waals surface area contributed by atoms with Crippen LogP contribution in [0.25, 0.3) is 0 Å². The summed E-state index contributed by atoms with van der Waals surface area (Å²) in [4.78, 5) is 16.6. The number of hydrogen-bond acceptors (Lipinski definition) is 5. The molecule has 6 nitrogen and oxygen atoms in total. The number of aryl methyl sites for hydroxylation is 2. The van der Waals surface area contributed by atoms with E-state index in [9.17, 15) is 13.2 Å². The summed E-state index contributed by atoms with van der Waals surface area (Å²) in [5, 5.41) is 4.91. The molecule has 0 aliphatic heterocycles. The highest BCUT2D eigenvalue weighted by molar-refractivity contribution is 7.93. The summed E-state index contributed by atoms with van der Waals surface area (Å²) in [7, 11) is -3.66. The van der Waals surface area contributed by atoms with Gasteiger partial charge in [0.15, 0.2) is 5.13 Å². The van der Waals surface area contributed by atoms with Gasteiger partial charge in [-0.15, -0.1) is 11.3 Å². The molecule has 1 heterocycles. The van der Waals surface area contributed by atoms with Gasteiger partial charge in [-0.3, -0.25) is 9.52 Å². The van der Waals surface area contributed by atoms with Gasteiger partial charge in [0.2, 0.25) is 5.91 Å². The van der Waals surface area contributed by atoms with Crippen molar-refractivity contribution < 1.29 is 13.2 Å². The summed E-state index contributed by atoms with van der Waals surface area (Å²) >= 11 is 1.20. The second-order valence-electron chi connectivity index (χ2n) is 5.93. The maximum absolute atomic E-state index is 12.3. The summed E-state index contributed by atoms with van der Waals surface area (Å²) in [6, 6.07) is 15.7. The smallest absolute Gasteiger partial charge is 0.263 e. The molecule has 1 amide bonds. The summed E-state index contributed by atoms with van der Waals surface area (Å²) < 4.78 is 27.1. The Balaban J connectivity index is 1.57. The minimum absolute atomic E-state index is 0.108. The van der Waals surface area contributed by atoms with E-state index in [1.54, 1.807) is 23.6 Å². The fourth-order valence-corrected chi connectivity index (χ4v) is 4.43. The zero-order chi connectivity index (χ0) is 19.3. The Hall–Kier alpha value is -2.71. The molecule has 27 heavy (non-hydrogen) atoms. The predicted octanol–water partition coefficient (Wildman–Crippen LogP) is 3.82. The molecule has 0 aliphatic carbocycles. The predicted molar refractivity (Wildman–Crippen MR) is 107 cm³/mol. The zero-order valence-corrected chi connectivity index (χ0v) is 16.3. The number of hydrogen-bond donors (Lipinski definition) is 2. The van der Waals surface area contributed by atoms with Crippen molar-refractivity contribution in [2.75, 3.05) is 10.0 Å². The molecule has 0 radical (unpaired) electrons. The van der Waals surface area contributed by atoms with E-state index >= 15 is 0 Å². The molecule has 0 bridgehead atoms. The lowest BCUT2D eigenvalue weighted by Gasteiger charge is -2.07. The van der Waals surface area contributed by atoms with Crippen LogP contribution in [0.15, 0.2) is 64.9 Å². The van der Waals surface area contributed by atoms with Gasteiger partial charge in [-0.2, -0.15) is 0 Å². The highest BCUT2D eigenvalue weighted by Crippen LogP contribution is 2.21. The van der Waals surface area contributed by atoms with Crippen LogP contribution in [0.4, 0.5) is 10.8 Å². The van der Waals surface area contributed by atoms with Gasteiger partial charge >= 0.3 is 0 Å². The van der Waals surface area contributed by atoms with Crippen molar-refractivity contribution in [2.45, 2.75) is 24.7 Å². The average Bonchev–Trinajstić information content (AvgIpc) is 3.09. The average molecular weight is 402 g/mol. The fraction of sp³-hybridized carbons (Fsp3) is 0.158. The molecule has 2 aromatic carbocycles. The zero-order valence-electron chi connectivity index (χ0n) is 14.7. The molecule has 140 valence electrons. The molecule has 2 N–H and O–H groups in total. The molecule has 0 atom stereocenters. The Morgan fingerprint density at radius 2 is 1.78 bits per heavy atom. The summed E-state index contributed by atoms with van der Waals surface area (Å²) in [6.45, 7) is 1.93. The van der Waals surface area contributed by atoms with Gasteiger partial charge in [-0.25, -0.2) is 13.4 Å². The molecule has 3 aromatic rings. The third-order valence-electron chi connectivity index (χ3n) is 3.85. The molecule has 0 saturated carbocycles. The van der Waals surface area contributed by atoms with E-state index in [0.29, 0.717) is 12.1 Å². The first-order valence-electron chi connectivity index (χ1n) is 8.32. The van der Waals surface area contributed by atoms with Gasteiger partial charge in [0, 0.05) is 17.5 Å². The van der Waals surface area contributed by atoms with Gasteiger partial charge in [0.05, 0.1) is 10.6 Å². The van der Waals surface area contributed by atoms with E-state index in [-0.39, 0.29) is 22.4 Å². The summed E-state index contributed by atoms with van der Waals surface area (Å²) in [5.41, 5.74) is 2.46. The number of para-hydroxylation sites is 1. The van der Waals surface area contributed by atoms with Crippen molar-refractivity contribution in [1.29, 1.82) is 0 Å². The van der Waals surface area contributed by atoms with Gasteiger partial charge in [-0.1, -0.05) is 36.4 Å². The molecule has 0 unspecified atom stereocenters. The maximum atomic E-state index is 12.3. The Morgan fingerprint density at radius 1 is 1.07 bits per heavy atom. The van der Waals surface area contributed by atoms with E-state index in [1.165, 1.54) is 23.5 Å². The second-order valence-corrected chi connectivity index (χ2v) is 8.47. The van der Waals surface area contributed by atoms with Crippen LogP contribution in [-0.4, -0.2) is 19.3 Å². The van der Waals surface area contributed by atoms with Gasteiger partial charge in [0.25, 0.3) is 10.0 Å². The topological polar surface area (TPSA) is 88.2 Å². The first-order chi connectivity index (χ1) is 12.9. The van der Waals surface area contributed by atoms with Crippen LogP contribution in [0.1, 0.15) is 17.7 Å². The number of carbonyl (C=O) groups is 1. The van der Waals surface area contributed by atoms with E-state index in [0.717, 1.165) is 11.3 Å². The largest absolute Gasteiger partial charge is 0.326 e. The summed E-state index contributed by atoms with van der Waals surface area (Å²) in [5.74, 6) is -0.108. The highest BCUT2D eigenvalue weighted by atomic mass is 32.2. The number of sulfonamides is 1. The van der Waals surface area contributed by atoms with Crippen LogP contribution in [-0.2, 0) is 21.2 Å². The molecule has 0 aliphatic rings. The molecule has 1 aromatic heterocycles. The van der Waals surface area contributed by atoms with Crippen LogP contribution < -0.4 is 10.0 Å². The molecular weight excluding hydrogens is 382 g/mol. The van der Waals surface area contributed by atoms with Crippen LogP contribution in [0.2, 0.25) is 0 Å². The molecule has 0 fully saturated rings. The number of rotatable bonds is 7. The first kappa shape index (κ1) is 19.1. The summed E-state index contributed by atoms with van der Waals surface area (Å²) in [6.07, 6.45) is 0.699. The normalized spacial score (nSPS) is 11.1. The van der Waals surface area contributed by atoms with Gasteiger partial charge in [-0.05, 0) is 37.1 Å². The Morgan fingerprint density at radius 3 is 2.52 bits per heavy atom. The SMILES string of the molecule is Cc1ccccc1NC(=O)CCc1csc(NS(=O)(=O)c2ccccc2)n1. The fourth-order valence-electron chi connectivity index (χ4n) is 2.41. The van der Waals surface area contributed by atoms with Crippen molar-refractivity contribution in [2.24, 2.45) is 0 Å². The van der Waals surface area contributed by atoms with E-state index in [4.69, 9.17) is 0 Å². The van der Waals surface area contributed by atoms with E-state index in [2.05, 4.69) is 15.0 Å². The van der Waals surface area contributed by atoms with Crippen LogP contribution in [0.5, 0.6) is 0 Å². The van der Waals surface area contributed by atoms with E-state index in [1.807, 2.05) is 31.2 Å². The van der Waals surface area contributed by atoms with Crippen molar-refractivity contribution in [3.05, 3.63) is 71.2 Å². The number of nitrogens with one attached hydrogen (secondary N) is 2. The minimum Gasteiger partial charge on any atom is -0.326 e. The second kappa shape index (κ2) is 8.32. The van der Waals surface area contributed by atoms with Gasteiger partial charge in [0.1, 0.15) is 0 Å². The number of aromatic nitrogens is 1. The monoisotopic (exact) mass is 401 g/mol.